The molecule has 40 heavy (non-hydrogen) atoms. The molecule has 1 N–H and O–H groups in total. The maximum Gasteiger partial charge on any atom is 0.127 e. The number of nitrogens with one attached hydrogen (secondary N) is 1. The molecule has 4 atom stereocenters. The Labute approximate surface area is 236 Å². The highest BCUT2D eigenvalue weighted by Gasteiger charge is 2.45. The average Bonchev–Trinajstić information content (AvgIpc) is 3.13. The fourth-order valence-corrected chi connectivity index (χ4v) is 7.54. The molecule has 2 heterocycles. The van der Waals surface area contributed by atoms with Crippen molar-refractivity contribution in [1.29, 1.82) is 0 Å². The van der Waals surface area contributed by atoms with Gasteiger partial charge in [0.1, 0.15) is 11.9 Å². The zero-order valence-electron chi connectivity index (χ0n) is 23.0. The highest BCUT2D eigenvalue weighted by molar-refractivity contribution is 6.04. The first-order valence-corrected chi connectivity index (χ1v) is 14.5. The molecule has 2 nitrogen and oxygen atoms in total. The molecule has 2 heteroatoms. The van der Waals surface area contributed by atoms with E-state index in [9.17, 15) is 0 Å². The van der Waals surface area contributed by atoms with Crippen LogP contribution in [0.3, 0.4) is 0 Å². The molecule has 0 saturated carbocycles. The van der Waals surface area contributed by atoms with Crippen LogP contribution in [0.2, 0.25) is 0 Å². The van der Waals surface area contributed by atoms with Crippen LogP contribution in [-0.4, -0.2) is 12.1 Å². The van der Waals surface area contributed by atoms with E-state index in [1.165, 1.54) is 50.1 Å². The van der Waals surface area contributed by atoms with Crippen LogP contribution in [-0.2, 0) is 5.41 Å². The van der Waals surface area contributed by atoms with Gasteiger partial charge >= 0.3 is 0 Å². The van der Waals surface area contributed by atoms with Gasteiger partial charge in [-0.05, 0) is 75.4 Å². The standard InChI is InChI=1S/C38H33NO/c1-38(2)32-15-6-3-13-29(32)36-31-23-25(18-19-35(31)40-34-17-8-5-14-30(34)37(36)38)24-10-9-11-26(22-24)27-20-21-39-33-16-7-4-12-28(27)33/h3-9,11-24,31,33,35,39H,10H2,1-2H3. The van der Waals surface area contributed by atoms with Gasteiger partial charge in [-0.3, -0.25) is 0 Å². The minimum atomic E-state index is -0.0934. The summed E-state index contributed by atoms with van der Waals surface area (Å²) in [7, 11) is 0. The second-order valence-electron chi connectivity index (χ2n) is 12.0. The van der Waals surface area contributed by atoms with Crippen LogP contribution in [0.1, 0.15) is 37.0 Å². The summed E-state index contributed by atoms with van der Waals surface area (Å²) in [5.41, 5.74) is 12.1. The summed E-state index contributed by atoms with van der Waals surface area (Å²) in [5.74, 6) is 1.47. The fourth-order valence-electron chi connectivity index (χ4n) is 7.54. The van der Waals surface area contributed by atoms with Crippen molar-refractivity contribution in [2.24, 2.45) is 11.8 Å². The molecule has 4 unspecified atom stereocenters. The highest BCUT2D eigenvalue weighted by atomic mass is 16.5. The van der Waals surface area contributed by atoms with Crippen LogP contribution >= 0.6 is 0 Å². The molecule has 196 valence electrons. The number of hydrogen-bond donors (Lipinski definition) is 1. The average molecular weight is 520 g/mol. The van der Waals surface area contributed by atoms with Gasteiger partial charge in [0.25, 0.3) is 0 Å². The first kappa shape index (κ1) is 23.6. The third kappa shape index (κ3) is 3.48. The van der Waals surface area contributed by atoms with Gasteiger partial charge in [0, 0.05) is 22.8 Å². The monoisotopic (exact) mass is 519 g/mol. The molecule has 4 aliphatic carbocycles. The zero-order chi connectivity index (χ0) is 26.8. The molecule has 0 spiro atoms. The van der Waals surface area contributed by atoms with E-state index >= 15 is 0 Å². The van der Waals surface area contributed by atoms with Crippen LogP contribution < -0.4 is 10.1 Å². The Bertz CT molecular complexity index is 1710. The van der Waals surface area contributed by atoms with E-state index < -0.39 is 0 Å². The summed E-state index contributed by atoms with van der Waals surface area (Å²) in [4.78, 5) is 0. The van der Waals surface area contributed by atoms with Gasteiger partial charge in [0.05, 0.1) is 6.04 Å². The normalized spacial score (nSPS) is 28.4. The number of dihydropyridines is 1. The van der Waals surface area contributed by atoms with E-state index in [-0.39, 0.29) is 23.5 Å². The Morgan fingerprint density at radius 2 is 1.70 bits per heavy atom. The molecule has 0 radical (unpaired) electrons. The van der Waals surface area contributed by atoms with E-state index in [4.69, 9.17) is 4.74 Å². The molecule has 2 aliphatic heterocycles. The van der Waals surface area contributed by atoms with Crippen molar-refractivity contribution in [1.82, 2.24) is 5.32 Å². The van der Waals surface area contributed by atoms with Gasteiger partial charge in [0.15, 0.2) is 0 Å². The minimum Gasteiger partial charge on any atom is -0.485 e. The number of fused-ring (bicyclic) bond motifs is 7. The largest absolute Gasteiger partial charge is 0.485 e. The van der Waals surface area contributed by atoms with Gasteiger partial charge < -0.3 is 10.1 Å². The molecule has 2 aromatic rings. The third-order valence-electron chi connectivity index (χ3n) is 9.41. The Morgan fingerprint density at radius 1 is 0.850 bits per heavy atom. The Morgan fingerprint density at radius 3 is 2.62 bits per heavy atom. The summed E-state index contributed by atoms with van der Waals surface area (Å²) in [6.07, 6.45) is 28.3. The molecular weight excluding hydrogens is 486 g/mol. The van der Waals surface area contributed by atoms with E-state index in [0.29, 0.717) is 5.92 Å². The van der Waals surface area contributed by atoms with Crippen molar-refractivity contribution < 1.29 is 4.74 Å². The van der Waals surface area contributed by atoms with Crippen molar-refractivity contribution in [2.75, 3.05) is 0 Å². The van der Waals surface area contributed by atoms with Gasteiger partial charge in [-0.15, -0.1) is 0 Å². The van der Waals surface area contributed by atoms with E-state index in [2.05, 4.69) is 141 Å². The van der Waals surface area contributed by atoms with Crippen LogP contribution in [0.25, 0.3) is 11.1 Å². The Kier molecular flexibility index (Phi) is 5.22. The number of allylic oxidation sites excluding steroid dienone is 11. The molecule has 8 rings (SSSR count). The minimum absolute atomic E-state index is 0.0286. The predicted molar refractivity (Wildman–Crippen MR) is 165 cm³/mol. The SMILES string of the molecule is CC1(C)C2=C(c3ccccc31)C1C=C(C3C=C(C4=C5C=CC=CC5NC=C4)C=CC3)C=CC1Oc1ccccc12. The maximum absolute atomic E-state index is 6.78. The van der Waals surface area contributed by atoms with Gasteiger partial charge in [-0.25, -0.2) is 0 Å². The smallest absolute Gasteiger partial charge is 0.127 e. The quantitative estimate of drug-likeness (QED) is 0.432. The lowest BCUT2D eigenvalue weighted by Gasteiger charge is -2.30. The van der Waals surface area contributed by atoms with Crippen molar-refractivity contribution in [3.05, 3.63) is 161 Å². The Balaban J connectivity index is 1.24. The first-order chi connectivity index (χ1) is 19.6. The highest BCUT2D eigenvalue weighted by Crippen LogP contribution is 2.57. The molecule has 6 aliphatic rings. The van der Waals surface area contributed by atoms with Crippen LogP contribution in [0, 0.1) is 11.8 Å². The van der Waals surface area contributed by atoms with Crippen molar-refractivity contribution in [3.8, 4) is 5.75 Å². The van der Waals surface area contributed by atoms with Gasteiger partial charge in [0.2, 0.25) is 0 Å². The molecular formula is C38H33NO. The third-order valence-corrected chi connectivity index (χ3v) is 9.41. The topological polar surface area (TPSA) is 21.3 Å². The molecule has 0 aromatic heterocycles. The second kappa shape index (κ2) is 8.86. The molecule has 0 bridgehead atoms. The molecule has 0 fully saturated rings. The van der Waals surface area contributed by atoms with Crippen molar-refractivity contribution in [2.45, 2.75) is 37.8 Å². The second-order valence-corrected chi connectivity index (χ2v) is 12.0. The maximum atomic E-state index is 6.78. The van der Waals surface area contributed by atoms with Gasteiger partial charge in [-0.1, -0.05) is 111 Å². The van der Waals surface area contributed by atoms with Gasteiger partial charge in [-0.2, -0.15) is 0 Å². The lowest BCUT2D eigenvalue weighted by Crippen LogP contribution is -2.29. The summed E-state index contributed by atoms with van der Waals surface area (Å²) in [6.45, 7) is 4.75. The molecule has 2 aromatic carbocycles. The molecule has 0 saturated heterocycles. The van der Waals surface area contributed by atoms with Crippen LogP contribution in [0.4, 0.5) is 0 Å². The predicted octanol–water partition coefficient (Wildman–Crippen LogP) is 8.17. The van der Waals surface area contributed by atoms with E-state index in [1.54, 1.807) is 0 Å². The zero-order valence-corrected chi connectivity index (χ0v) is 23.0. The first-order valence-electron chi connectivity index (χ1n) is 14.5. The summed E-state index contributed by atoms with van der Waals surface area (Å²) in [6, 6.07) is 17.9. The Hall–Kier alpha value is -4.30. The van der Waals surface area contributed by atoms with E-state index in [1.807, 2.05) is 0 Å². The van der Waals surface area contributed by atoms with Crippen molar-refractivity contribution in [3.63, 3.8) is 0 Å². The summed E-state index contributed by atoms with van der Waals surface area (Å²) >= 11 is 0. The summed E-state index contributed by atoms with van der Waals surface area (Å²) < 4.78 is 6.78. The fraction of sp³-hybridized carbons (Fsp3) is 0.211. The van der Waals surface area contributed by atoms with Crippen LogP contribution in [0.15, 0.2) is 144 Å². The number of rotatable bonds is 2. The van der Waals surface area contributed by atoms with Crippen LogP contribution in [0.5, 0.6) is 5.75 Å². The number of para-hydroxylation sites is 1. The summed E-state index contributed by atoms with van der Waals surface area (Å²) in [5, 5.41) is 3.48. The number of benzene rings is 2. The number of ether oxygens (including phenoxy) is 1. The van der Waals surface area contributed by atoms with Crippen molar-refractivity contribution >= 4 is 11.1 Å². The molecule has 0 amide bonds. The lowest BCUT2D eigenvalue weighted by molar-refractivity contribution is 0.226. The number of hydrogen-bond acceptors (Lipinski definition) is 2. The van der Waals surface area contributed by atoms with E-state index in [0.717, 1.165) is 12.2 Å². The lowest BCUT2D eigenvalue weighted by atomic mass is 9.76.